The maximum atomic E-state index is 12.2. The van der Waals surface area contributed by atoms with Gasteiger partial charge in [0.15, 0.2) is 17.7 Å². The van der Waals surface area contributed by atoms with E-state index in [4.69, 9.17) is 47.9 Å². The molecule has 43 heavy (non-hydrogen) atoms. The molecule has 19 heteroatoms. The number of fused-ring (bicyclic) bond motifs is 1. The van der Waals surface area contributed by atoms with E-state index < -0.39 is 39.3 Å². The van der Waals surface area contributed by atoms with E-state index in [0.29, 0.717) is 71.6 Å². The van der Waals surface area contributed by atoms with Gasteiger partial charge in [0.1, 0.15) is 43.4 Å². The van der Waals surface area contributed by atoms with Crippen molar-refractivity contribution in [3.8, 4) is 0 Å². The van der Waals surface area contributed by atoms with Crippen molar-refractivity contribution in [1.82, 2.24) is 19.5 Å². The number of aromatic nitrogens is 4. The summed E-state index contributed by atoms with van der Waals surface area (Å²) in [5, 5.41) is 20.9. The summed E-state index contributed by atoms with van der Waals surface area (Å²) in [7, 11) is -4.49. The van der Waals surface area contributed by atoms with E-state index in [0.717, 1.165) is 0 Å². The van der Waals surface area contributed by atoms with Crippen molar-refractivity contribution in [3.05, 3.63) is 12.7 Å². The van der Waals surface area contributed by atoms with Gasteiger partial charge in [0.2, 0.25) is 0 Å². The molecule has 0 radical (unpaired) electrons. The van der Waals surface area contributed by atoms with Crippen LogP contribution in [0.5, 0.6) is 0 Å². The summed E-state index contributed by atoms with van der Waals surface area (Å²) >= 11 is 0. The fraction of sp³-hybridized carbons (Fsp3) is 0.792. The number of phosphoric acid groups is 1. The summed E-state index contributed by atoms with van der Waals surface area (Å²) in [4.78, 5) is 34.2. The first-order valence-electron chi connectivity index (χ1n) is 13.9. The topological polar surface area (TPSA) is 236 Å². The number of imidazole rings is 1. The second-order valence-electron chi connectivity index (χ2n) is 8.99. The van der Waals surface area contributed by atoms with E-state index in [1.54, 1.807) is 0 Å². The van der Waals surface area contributed by atoms with Crippen molar-refractivity contribution in [2.75, 3.05) is 98.2 Å². The first-order chi connectivity index (χ1) is 20.8. The molecule has 5 N–H and O–H groups in total. The Hall–Kier alpha value is -1.74. The lowest BCUT2D eigenvalue weighted by molar-refractivity contribution is -0.246. The lowest BCUT2D eigenvalue weighted by Crippen LogP contribution is -2.34. The summed E-state index contributed by atoms with van der Waals surface area (Å²) in [5.41, 5.74) is 6.36. The van der Waals surface area contributed by atoms with Crippen LogP contribution < -0.4 is 10.6 Å². The third-order valence-corrected chi connectivity index (χ3v) is 6.93. The predicted octanol–water partition coefficient (Wildman–Crippen LogP) is -1.79. The Labute approximate surface area is 249 Å². The van der Waals surface area contributed by atoms with E-state index in [1.165, 1.54) is 17.2 Å². The van der Waals surface area contributed by atoms with Gasteiger partial charge in [-0.15, -0.1) is 0 Å². The molecular formula is C24H42N5O13P. The van der Waals surface area contributed by atoms with E-state index >= 15 is 0 Å². The molecule has 246 valence electrons. The van der Waals surface area contributed by atoms with Crippen molar-refractivity contribution in [1.29, 1.82) is 0 Å². The summed E-state index contributed by atoms with van der Waals surface area (Å²) in [6.45, 7) is 6.23. The first kappa shape index (κ1) is 35.7. The van der Waals surface area contributed by atoms with Crippen molar-refractivity contribution < 1.29 is 62.2 Å². The van der Waals surface area contributed by atoms with Gasteiger partial charge in [-0.1, -0.05) is 0 Å². The predicted molar refractivity (Wildman–Crippen MR) is 147 cm³/mol. The average molecular weight is 640 g/mol. The quantitative estimate of drug-likeness (QED) is 0.0733. The number of hydrogen-bond donors (Lipinski definition) is 4. The fourth-order valence-corrected chi connectivity index (χ4v) is 4.53. The molecule has 0 spiro atoms. The maximum Gasteiger partial charge on any atom is 0.376 e. The van der Waals surface area contributed by atoms with Crippen molar-refractivity contribution in [2.45, 2.75) is 31.5 Å². The normalized spacial score (nSPS) is 22.0. The van der Waals surface area contributed by atoms with Gasteiger partial charge in [-0.05, 0) is 6.92 Å². The Bertz CT molecular complexity index is 1040. The molecule has 1 fully saturated rings. The van der Waals surface area contributed by atoms with Crippen LogP contribution in [0.4, 0.5) is 5.82 Å². The van der Waals surface area contributed by atoms with Gasteiger partial charge in [0.25, 0.3) is 0 Å². The molecule has 2 aromatic heterocycles. The number of nitrogens with two attached hydrogens (primary N) is 1. The molecule has 2 aromatic rings. The highest BCUT2D eigenvalue weighted by Crippen LogP contribution is 2.48. The summed E-state index contributed by atoms with van der Waals surface area (Å²) in [6.07, 6.45) is -2.49. The Balaban J connectivity index is 1.17. The van der Waals surface area contributed by atoms with Crippen molar-refractivity contribution in [3.63, 3.8) is 0 Å². The summed E-state index contributed by atoms with van der Waals surface area (Å²) in [5.74, 6) is 0.140. The van der Waals surface area contributed by atoms with Gasteiger partial charge in [-0.3, -0.25) is 4.57 Å². The van der Waals surface area contributed by atoms with Crippen LogP contribution in [0.15, 0.2) is 12.7 Å². The van der Waals surface area contributed by atoms with Crippen molar-refractivity contribution in [2.24, 2.45) is 0 Å². The van der Waals surface area contributed by atoms with Crippen LogP contribution >= 0.6 is 8.17 Å². The van der Waals surface area contributed by atoms with Gasteiger partial charge >= 0.3 is 8.17 Å². The molecule has 1 unspecified atom stereocenters. The molecule has 1 aliphatic rings. The number of rotatable bonds is 24. The minimum Gasteiger partial charge on any atom is -0.606 e. The van der Waals surface area contributed by atoms with Gasteiger partial charge in [-0.2, -0.15) is 13.9 Å². The Kier molecular flexibility index (Phi) is 16.3. The monoisotopic (exact) mass is 639 g/mol. The number of nitrogens with zero attached hydrogens (tertiary/aromatic N) is 4. The number of nitrogen functional groups attached to an aromatic ring is 1. The van der Waals surface area contributed by atoms with Gasteiger partial charge in [-0.25, -0.2) is 15.0 Å². The average Bonchev–Trinajstić information content (AvgIpc) is 3.54. The van der Waals surface area contributed by atoms with Crippen LogP contribution in [0.3, 0.4) is 0 Å². The highest BCUT2D eigenvalue weighted by molar-refractivity contribution is 7.52. The molecule has 18 nitrogen and oxygen atoms in total. The molecule has 5 atom stereocenters. The lowest BCUT2D eigenvalue weighted by Gasteiger charge is -2.22. The largest absolute Gasteiger partial charge is 0.606 e. The smallest absolute Gasteiger partial charge is 0.376 e. The van der Waals surface area contributed by atoms with E-state index in [2.05, 4.69) is 15.0 Å². The standard InChI is InChI=1S/C24H42N5O13P/c1-2-34-3-4-35-5-6-36-7-8-37-9-10-38-11-12-39-13-14-40-43(32,33)41-15-18-20(30)21(31)24(42-18)29-17-28-19-22(25)26-16-27-23(19)29/h16-18,20-21,24,30-31H,2-15H2,1H3,(H,32,33)(H2,25,26,27)/t18-,20-,21-,24-/m1/s1. The zero-order chi connectivity index (χ0) is 30.9. The highest BCUT2D eigenvalue weighted by Gasteiger charge is 2.46. The van der Waals surface area contributed by atoms with Gasteiger partial charge in [0.05, 0.1) is 79.0 Å². The third kappa shape index (κ3) is 12.3. The maximum absolute atomic E-state index is 12.2. The summed E-state index contributed by atoms with van der Waals surface area (Å²) in [6, 6.07) is 0. The molecule has 1 saturated heterocycles. The molecule has 3 rings (SSSR count). The van der Waals surface area contributed by atoms with E-state index in [1.807, 2.05) is 6.92 Å². The SMILES string of the molecule is CCOCCOCCOCCOCCOCCOCCO[P+]([O-])(O)OC[C@H]1O[C@@H](n2cnc3c(N)ncnc32)[C@H](O)[C@@H]1O. The molecule has 0 saturated carbocycles. The van der Waals surface area contributed by atoms with Crippen LogP contribution in [0, 0.1) is 0 Å². The lowest BCUT2D eigenvalue weighted by atomic mass is 10.1. The number of ether oxygens (including phenoxy) is 7. The fourth-order valence-electron chi connectivity index (χ4n) is 3.81. The van der Waals surface area contributed by atoms with Crippen molar-refractivity contribution >= 4 is 25.2 Å². The Morgan fingerprint density at radius 1 is 0.814 bits per heavy atom. The third-order valence-electron chi connectivity index (χ3n) is 5.95. The second-order valence-corrected chi connectivity index (χ2v) is 10.4. The second kappa shape index (κ2) is 19.6. The Morgan fingerprint density at radius 3 is 1.91 bits per heavy atom. The van der Waals surface area contributed by atoms with Crippen LogP contribution in [0.1, 0.15) is 13.2 Å². The zero-order valence-corrected chi connectivity index (χ0v) is 25.0. The van der Waals surface area contributed by atoms with Crippen LogP contribution in [0.25, 0.3) is 11.2 Å². The van der Waals surface area contributed by atoms with Gasteiger partial charge < -0.3 is 54.0 Å². The minimum absolute atomic E-state index is 0.0164. The summed E-state index contributed by atoms with van der Waals surface area (Å²) < 4.78 is 48.8. The molecule has 3 heterocycles. The molecule has 0 aromatic carbocycles. The minimum atomic E-state index is -4.49. The number of aliphatic hydroxyl groups excluding tert-OH is 2. The zero-order valence-electron chi connectivity index (χ0n) is 24.1. The number of phosphoric ester groups is 1. The highest BCUT2D eigenvalue weighted by atomic mass is 31.2. The van der Waals surface area contributed by atoms with E-state index in [9.17, 15) is 20.0 Å². The first-order valence-corrected chi connectivity index (χ1v) is 15.4. The van der Waals surface area contributed by atoms with Gasteiger partial charge in [0, 0.05) is 6.61 Å². The van der Waals surface area contributed by atoms with Crippen LogP contribution in [-0.2, 0) is 42.2 Å². The van der Waals surface area contributed by atoms with Crippen LogP contribution in [-0.4, -0.2) is 145 Å². The number of hydrogen-bond acceptors (Lipinski definition) is 17. The molecular weight excluding hydrogens is 597 g/mol. The molecule has 1 aliphatic heterocycles. The van der Waals surface area contributed by atoms with Crippen LogP contribution in [0.2, 0.25) is 0 Å². The molecule has 0 amide bonds. The molecule has 0 aliphatic carbocycles. The number of aliphatic hydroxyl groups is 2. The van der Waals surface area contributed by atoms with E-state index in [-0.39, 0.29) is 31.3 Å². The molecule has 0 bridgehead atoms. The number of anilines is 1. The Morgan fingerprint density at radius 2 is 1.35 bits per heavy atom.